The van der Waals surface area contributed by atoms with Gasteiger partial charge in [-0.25, -0.2) is 4.79 Å². The normalized spacial score (nSPS) is 11.2. The molecule has 0 saturated heterocycles. The summed E-state index contributed by atoms with van der Waals surface area (Å²) < 4.78 is 11.0. The minimum absolute atomic E-state index is 0.341. The van der Waals surface area contributed by atoms with Crippen molar-refractivity contribution in [2.75, 3.05) is 13.7 Å². The summed E-state index contributed by atoms with van der Waals surface area (Å²) in [6, 6.07) is 11.7. The molecule has 0 heterocycles. The number of unbranched alkanes of at least 4 members (excludes halogenated alkanes) is 10. The Hall–Kier alpha value is -2.03. The number of ether oxygens (including phenoxy) is 2. The average Bonchev–Trinajstić information content (AvgIpc) is 2.78. The SMILES string of the molecule is COC(=O)c1c(OCCCCCCCCCCCCCC(C)C)ccc2ccccc12. The molecule has 0 aliphatic heterocycles. The molecule has 3 nitrogen and oxygen atoms in total. The maximum Gasteiger partial charge on any atom is 0.342 e. The largest absolute Gasteiger partial charge is 0.493 e. The zero-order valence-corrected chi connectivity index (χ0v) is 20.0. The molecule has 0 aliphatic rings. The number of hydrogen-bond donors (Lipinski definition) is 0. The lowest BCUT2D eigenvalue weighted by molar-refractivity contribution is 0.0598. The van der Waals surface area contributed by atoms with Crippen LogP contribution in [0.3, 0.4) is 0 Å². The Morgan fingerprint density at radius 3 is 1.97 bits per heavy atom. The topological polar surface area (TPSA) is 35.5 Å². The molecule has 0 aromatic heterocycles. The van der Waals surface area contributed by atoms with Crippen molar-refractivity contribution in [2.24, 2.45) is 5.92 Å². The molecule has 172 valence electrons. The van der Waals surface area contributed by atoms with Crippen LogP contribution in [-0.2, 0) is 4.74 Å². The van der Waals surface area contributed by atoms with Gasteiger partial charge >= 0.3 is 5.97 Å². The Labute approximate surface area is 189 Å². The Morgan fingerprint density at radius 2 is 1.35 bits per heavy atom. The van der Waals surface area contributed by atoms with Gasteiger partial charge in [0.1, 0.15) is 11.3 Å². The highest BCUT2D eigenvalue weighted by atomic mass is 16.5. The van der Waals surface area contributed by atoms with Crippen molar-refractivity contribution in [3.63, 3.8) is 0 Å². The van der Waals surface area contributed by atoms with Crippen LogP contribution in [0, 0.1) is 5.92 Å². The summed E-state index contributed by atoms with van der Waals surface area (Å²) in [5.41, 5.74) is 0.532. The molecule has 0 saturated carbocycles. The van der Waals surface area contributed by atoms with Crippen molar-refractivity contribution in [3.8, 4) is 5.75 Å². The number of hydrogen-bond acceptors (Lipinski definition) is 3. The second-order valence-electron chi connectivity index (χ2n) is 9.07. The van der Waals surface area contributed by atoms with E-state index in [-0.39, 0.29) is 5.97 Å². The van der Waals surface area contributed by atoms with Crippen LogP contribution in [-0.4, -0.2) is 19.7 Å². The lowest BCUT2D eigenvalue weighted by Gasteiger charge is -2.13. The number of carbonyl (C=O) groups is 1. The summed E-state index contributed by atoms with van der Waals surface area (Å²) in [5, 5.41) is 1.90. The van der Waals surface area contributed by atoms with E-state index in [9.17, 15) is 4.79 Å². The molecule has 0 atom stereocenters. The summed E-state index contributed by atoms with van der Waals surface area (Å²) in [4.78, 5) is 12.3. The van der Waals surface area contributed by atoms with E-state index in [1.54, 1.807) is 0 Å². The van der Waals surface area contributed by atoms with E-state index < -0.39 is 0 Å². The van der Waals surface area contributed by atoms with E-state index in [2.05, 4.69) is 13.8 Å². The summed E-state index contributed by atoms with van der Waals surface area (Å²) in [5.74, 6) is 1.14. The van der Waals surface area contributed by atoms with Crippen LogP contribution in [0.25, 0.3) is 10.8 Å². The molecule has 0 unspecified atom stereocenters. The van der Waals surface area contributed by atoms with Gasteiger partial charge in [0.25, 0.3) is 0 Å². The van der Waals surface area contributed by atoms with Crippen LogP contribution in [0.4, 0.5) is 0 Å². The van der Waals surface area contributed by atoms with E-state index in [4.69, 9.17) is 9.47 Å². The summed E-state index contributed by atoms with van der Waals surface area (Å²) in [6.45, 7) is 5.27. The van der Waals surface area contributed by atoms with E-state index in [1.807, 2.05) is 36.4 Å². The van der Waals surface area contributed by atoms with E-state index in [0.29, 0.717) is 17.9 Å². The first-order chi connectivity index (χ1) is 15.1. The molecule has 0 spiro atoms. The van der Waals surface area contributed by atoms with Crippen molar-refractivity contribution >= 4 is 16.7 Å². The van der Waals surface area contributed by atoms with E-state index in [0.717, 1.165) is 23.1 Å². The lowest BCUT2D eigenvalue weighted by Crippen LogP contribution is -2.07. The van der Waals surface area contributed by atoms with Crippen molar-refractivity contribution in [1.82, 2.24) is 0 Å². The first-order valence-corrected chi connectivity index (χ1v) is 12.4. The average molecular weight is 427 g/mol. The molecular weight excluding hydrogens is 384 g/mol. The number of methoxy groups -OCH3 is 1. The van der Waals surface area contributed by atoms with Gasteiger partial charge in [-0.05, 0) is 29.2 Å². The van der Waals surface area contributed by atoms with E-state index >= 15 is 0 Å². The Bertz CT molecular complexity index is 766. The van der Waals surface area contributed by atoms with Crippen molar-refractivity contribution in [3.05, 3.63) is 42.0 Å². The van der Waals surface area contributed by atoms with Crippen LogP contribution in [0.5, 0.6) is 5.75 Å². The van der Waals surface area contributed by atoms with Gasteiger partial charge in [0, 0.05) is 0 Å². The third kappa shape index (κ3) is 9.33. The number of benzene rings is 2. The second-order valence-corrected chi connectivity index (χ2v) is 9.07. The standard InChI is InChI=1S/C28H42O3/c1-23(2)17-13-11-9-7-5-4-6-8-10-12-16-22-31-26-21-20-24-18-14-15-19-25(24)27(26)28(29)30-3/h14-15,18-21,23H,4-13,16-17,22H2,1-3H3. The fourth-order valence-corrected chi connectivity index (χ4v) is 4.11. The fourth-order valence-electron chi connectivity index (χ4n) is 4.11. The minimum Gasteiger partial charge on any atom is -0.493 e. The Balaban J connectivity index is 1.57. The Kier molecular flexibility index (Phi) is 12.1. The monoisotopic (exact) mass is 426 g/mol. The molecule has 2 rings (SSSR count). The number of rotatable bonds is 16. The lowest BCUT2D eigenvalue weighted by atomic mass is 10.0. The van der Waals surface area contributed by atoms with Gasteiger partial charge < -0.3 is 9.47 Å². The zero-order valence-electron chi connectivity index (χ0n) is 20.0. The highest BCUT2D eigenvalue weighted by Gasteiger charge is 2.17. The second kappa shape index (κ2) is 14.9. The highest BCUT2D eigenvalue weighted by molar-refractivity contribution is 6.07. The van der Waals surface area contributed by atoms with Gasteiger partial charge in [-0.15, -0.1) is 0 Å². The van der Waals surface area contributed by atoms with Gasteiger partial charge in [0.2, 0.25) is 0 Å². The van der Waals surface area contributed by atoms with Crippen molar-refractivity contribution in [1.29, 1.82) is 0 Å². The predicted molar refractivity (Wildman–Crippen MR) is 131 cm³/mol. The molecule has 31 heavy (non-hydrogen) atoms. The zero-order chi connectivity index (χ0) is 22.3. The van der Waals surface area contributed by atoms with E-state index in [1.165, 1.54) is 77.7 Å². The van der Waals surface area contributed by atoms with Crippen molar-refractivity contribution < 1.29 is 14.3 Å². The highest BCUT2D eigenvalue weighted by Crippen LogP contribution is 2.29. The van der Waals surface area contributed by atoms with Crippen LogP contribution < -0.4 is 4.74 Å². The minimum atomic E-state index is -0.341. The molecule has 0 aliphatic carbocycles. The van der Waals surface area contributed by atoms with Crippen LogP contribution >= 0.6 is 0 Å². The maximum absolute atomic E-state index is 12.3. The van der Waals surface area contributed by atoms with Gasteiger partial charge in [-0.2, -0.15) is 0 Å². The summed E-state index contributed by atoms with van der Waals surface area (Å²) >= 11 is 0. The van der Waals surface area contributed by atoms with Crippen LogP contribution in [0.1, 0.15) is 101 Å². The molecule has 2 aromatic carbocycles. The molecule has 0 N–H and O–H groups in total. The summed E-state index contributed by atoms with van der Waals surface area (Å²) in [7, 11) is 1.42. The van der Waals surface area contributed by atoms with Crippen LogP contribution in [0.2, 0.25) is 0 Å². The van der Waals surface area contributed by atoms with Gasteiger partial charge in [-0.1, -0.05) is 115 Å². The van der Waals surface area contributed by atoms with Gasteiger partial charge in [0.15, 0.2) is 0 Å². The summed E-state index contributed by atoms with van der Waals surface area (Å²) in [6.07, 6.45) is 15.9. The third-order valence-electron chi connectivity index (χ3n) is 5.96. The van der Waals surface area contributed by atoms with Gasteiger partial charge in [0.05, 0.1) is 13.7 Å². The van der Waals surface area contributed by atoms with Crippen molar-refractivity contribution in [2.45, 2.75) is 90.9 Å². The quantitative estimate of drug-likeness (QED) is 0.200. The number of esters is 1. The molecule has 0 fully saturated rings. The first-order valence-electron chi connectivity index (χ1n) is 12.4. The fraction of sp³-hybridized carbons (Fsp3) is 0.607. The molecule has 0 amide bonds. The smallest absolute Gasteiger partial charge is 0.342 e. The predicted octanol–water partition coefficient (Wildman–Crippen LogP) is 8.34. The van der Waals surface area contributed by atoms with Crippen LogP contribution in [0.15, 0.2) is 36.4 Å². The molecule has 0 bridgehead atoms. The third-order valence-corrected chi connectivity index (χ3v) is 5.96. The first kappa shape index (κ1) is 25.2. The number of carbonyl (C=O) groups excluding carboxylic acids is 1. The van der Waals surface area contributed by atoms with Gasteiger partial charge in [-0.3, -0.25) is 0 Å². The molecule has 3 heteroatoms. The molecule has 2 aromatic rings. The Morgan fingerprint density at radius 1 is 0.774 bits per heavy atom. The maximum atomic E-state index is 12.3. The molecule has 0 radical (unpaired) electrons. The molecular formula is C28H42O3. The number of fused-ring (bicyclic) bond motifs is 1.